The SMILES string of the molecule is COc1cc(F)ccc1Oc1cc(C(C)(C)C)cc(C)c1-c1cc(OCc2ccccc2)cc(CCO)n1. The number of rotatable bonds is 9. The smallest absolute Gasteiger partial charge is 0.169 e. The van der Waals surface area contributed by atoms with Crippen LogP contribution in [-0.4, -0.2) is 23.8 Å². The minimum Gasteiger partial charge on any atom is -0.493 e. The quantitative estimate of drug-likeness (QED) is 0.252. The number of methoxy groups -OCH3 is 1. The van der Waals surface area contributed by atoms with Crippen molar-refractivity contribution in [3.8, 4) is 34.3 Å². The highest BCUT2D eigenvalue weighted by Gasteiger charge is 2.22. The van der Waals surface area contributed by atoms with Gasteiger partial charge in [-0.3, -0.25) is 4.98 Å². The number of nitrogens with zero attached hydrogens (tertiary/aromatic N) is 1. The van der Waals surface area contributed by atoms with Gasteiger partial charge in [-0.15, -0.1) is 0 Å². The molecule has 4 rings (SSSR count). The Bertz CT molecular complexity index is 1400. The summed E-state index contributed by atoms with van der Waals surface area (Å²) in [7, 11) is 1.48. The van der Waals surface area contributed by atoms with Gasteiger partial charge in [0, 0.05) is 42.5 Å². The van der Waals surface area contributed by atoms with Crippen LogP contribution in [0.5, 0.6) is 23.0 Å². The molecule has 0 amide bonds. The van der Waals surface area contributed by atoms with Crippen molar-refractivity contribution < 1.29 is 23.7 Å². The van der Waals surface area contributed by atoms with E-state index < -0.39 is 5.82 Å². The van der Waals surface area contributed by atoms with Crippen LogP contribution in [0.4, 0.5) is 4.39 Å². The largest absolute Gasteiger partial charge is 0.493 e. The highest BCUT2D eigenvalue weighted by molar-refractivity contribution is 5.74. The number of aromatic nitrogens is 1. The highest BCUT2D eigenvalue weighted by atomic mass is 19.1. The number of hydrogen-bond donors (Lipinski definition) is 1. The molecule has 0 bridgehead atoms. The molecule has 0 atom stereocenters. The molecule has 3 aromatic carbocycles. The van der Waals surface area contributed by atoms with Crippen molar-refractivity contribution in [1.82, 2.24) is 4.98 Å². The van der Waals surface area contributed by atoms with E-state index in [1.54, 1.807) is 6.07 Å². The Morgan fingerprint density at radius 1 is 0.895 bits per heavy atom. The van der Waals surface area contributed by atoms with E-state index in [1.165, 1.54) is 19.2 Å². The summed E-state index contributed by atoms with van der Waals surface area (Å²) in [4.78, 5) is 4.85. The molecule has 0 unspecified atom stereocenters. The molecule has 1 heterocycles. The predicted molar refractivity (Wildman–Crippen MR) is 148 cm³/mol. The highest BCUT2D eigenvalue weighted by Crippen LogP contribution is 2.42. The molecule has 38 heavy (non-hydrogen) atoms. The molecule has 0 aliphatic heterocycles. The second-order valence-electron chi connectivity index (χ2n) is 10.2. The zero-order chi connectivity index (χ0) is 27.3. The first kappa shape index (κ1) is 27.1. The Balaban J connectivity index is 1.83. The molecule has 198 valence electrons. The van der Waals surface area contributed by atoms with Crippen LogP contribution < -0.4 is 14.2 Å². The predicted octanol–water partition coefficient (Wildman–Crippen LogP) is 7.41. The van der Waals surface area contributed by atoms with Gasteiger partial charge in [0.05, 0.1) is 12.8 Å². The van der Waals surface area contributed by atoms with Gasteiger partial charge in [-0.05, 0) is 47.2 Å². The zero-order valence-corrected chi connectivity index (χ0v) is 22.5. The number of aryl methyl sites for hydroxylation is 1. The van der Waals surface area contributed by atoms with Crippen LogP contribution in [0.25, 0.3) is 11.3 Å². The summed E-state index contributed by atoms with van der Waals surface area (Å²) in [6.07, 6.45) is 0.386. The van der Waals surface area contributed by atoms with Gasteiger partial charge in [-0.25, -0.2) is 4.39 Å². The van der Waals surface area contributed by atoms with Gasteiger partial charge in [0.1, 0.15) is 23.9 Å². The van der Waals surface area contributed by atoms with E-state index in [2.05, 4.69) is 26.8 Å². The number of halogens is 1. The average Bonchev–Trinajstić information content (AvgIpc) is 2.88. The molecular formula is C32H34FNO4. The minimum atomic E-state index is -0.410. The molecule has 0 spiro atoms. The molecule has 0 saturated carbocycles. The van der Waals surface area contributed by atoms with Crippen LogP contribution in [0.2, 0.25) is 0 Å². The molecule has 4 aromatic rings. The van der Waals surface area contributed by atoms with Gasteiger partial charge >= 0.3 is 0 Å². The van der Waals surface area contributed by atoms with Gasteiger partial charge in [0.2, 0.25) is 0 Å². The first-order valence-corrected chi connectivity index (χ1v) is 12.6. The lowest BCUT2D eigenvalue weighted by Gasteiger charge is -2.24. The van der Waals surface area contributed by atoms with E-state index in [4.69, 9.17) is 19.2 Å². The van der Waals surface area contributed by atoms with Crippen LogP contribution in [0.1, 0.15) is 43.2 Å². The summed E-state index contributed by atoms with van der Waals surface area (Å²) < 4.78 is 31.8. The van der Waals surface area contributed by atoms with E-state index >= 15 is 0 Å². The maximum absolute atomic E-state index is 13.9. The third-order valence-electron chi connectivity index (χ3n) is 6.24. The van der Waals surface area contributed by atoms with Crippen LogP contribution in [0.15, 0.2) is 72.8 Å². The second-order valence-corrected chi connectivity index (χ2v) is 10.2. The number of aliphatic hydroxyl groups is 1. The fourth-order valence-corrected chi connectivity index (χ4v) is 4.20. The molecule has 0 saturated heterocycles. The van der Waals surface area contributed by atoms with Gasteiger partial charge < -0.3 is 19.3 Å². The van der Waals surface area contributed by atoms with Gasteiger partial charge in [-0.2, -0.15) is 0 Å². The van der Waals surface area contributed by atoms with Crippen molar-refractivity contribution in [2.75, 3.05) is 13.7 Å². The van der Waals surface area contributed by atoms with E-state index in [0.29, 0.717) is 47.4 Å². The molecular weight excluding hydrogens is 481 g/mol. The molecule has 1 N–H and O–H groups in total. The Morgan fingerprint density at radius 3 is 2.34 bits per heavy atom. The number of aliphatic hydroxyl groups excluding tert-OH is 1. The lowest BCUT2D eigenvalue weighted by molar-refractivity contribution is 0.295. The second kappa shape index (κ2) is 11.7. The number of benzene rings is 3. The third kappa shape index (κ3) is 6.50. The van der Waals surface area contributed by atoms with Crippen molar-refractivity contribution in [1.29, 1.82) is 0 Å². The monoisotopic (exact) mass is 515 g/mol. The van der Waals surface area contributed by atoms with Crippen LogP contribution in [-0.2, 0) is 18.4 Å². The van der Waals surface area contributed by atoms with Crippen LogP contribution >= 0.6 is 0 Å². The fourth-order valence-electron chi connectivity index (χ4n) is 4.20. The van der Waals surface area contributed by atoms with Gasteiger partial charge in [0.25, 0.3) is 0 Å². The molecule has 0 aliphatic carbocycles. The van der Waals surface area contributed by atoms with E-state index in [0.717, 1.165) is 22.3 Å². The normalized spacial score (nSPS) is 11.3. The summed E-state index contributed by atoms with van der Waals surface area (Å²) >= 11 is 0. The van der Waals surface area contributed by atoms with Gasteiger partial charge in [-0.1, -0.05) is 57.2 Å². The minimum absolute atomic E-state index is 0.0351. The average molecular weight is 516 g/mol. The molecule has 5 nitrogen and oxygen atoms in total. The summed E-state index contributed by atoms with van der Waals surface area (Å²) in [5.74, 6) is 1.50. The van der Waals surface area contributed by atoms with Crippen molar-refractivity contribution in [3.05, 3.63) is 101 Å². The lowest BCUT2D eigenvalue weighted by atomic mass is 9.84. The maximum Gasteiger partial charge on any atom is 0.169 e. The van der Waals surface area contributed by atoms with Crippen molar-refractivity contribution in [3.63, 3.8) is 0 Å². The van der Waals surface area contributed by atoms with E-state index in [-0.39, 0.29) is 12.0 Å². The Labute approximate surface area is 223 Å². The Hall–Kier alpha value is -3.90. The Kier molecular flexibility index (Phi) is 8.32. The van der Waals surface area contributed by atoms with Gasteiger partial charge in [0.15, 0.2) is 11.5 Å². The van der Waals surface area contributed by atoms with Crippen molar-refractivity contribution >= 4 is 0 Å². The third-order valence-corrected chi connectivity index (χ3v) is 6.24. The number of ether oxygens (including phenoxy) is 3. The zero-order valence-electron chi connectivity index (χ0n) is 22.5. The summed E-state index contributed by atoms with van der Waals surface area (Å²) in [5.41, 5.74) is 5.12. The standard InChI is InChI=1S/C32H34FNO4/c1-21-15-23(32(2,3)4)16-30(38-28-12-11-24(33)17-29(28)36-5)31(21)27-19-26(18-25(34-27)13-14-35)37-20-22-9-7-6-8-10-22/h6-12,15-19,35H,13-14,20H2,1-5H3. The molecule has 0 radical (unpaired) electrons. The Morgan fingerprint density at radius 2 is 1.66 bits per heavy atom. The van der Waals surface area contributed by atoms with E-state index in [1.807, 2.05) is 55.5 Å². The molecule has 0 aliphatic rings. The van der Waals surface area contributed by atoms with Crippen molar-refractivity contribution in [2.24, 2.45) is 0 Å². The lowest BCUT2D eigenvalue weighted by Crippen LogP contribution is -2.12. The topological polar surface area (TPSA) is 60.8 Å². The maximum atomic E-state index is 13.9. The summed E-state index contributed by atoms with van der Waals surface area (Å²) in [6.45, 7) is 8.80. The number of pyridine rings is 1. The van der Waals surface area contributed by atoms with Crippen LogP contribution in [0.3, 0.4) is 0 Å². The summed E-state index contributed by atoms with van der Waals surface area (Å²) in [6, 6.07) is 22.0. The molecule has 1 aromatic heterocycles. The molecule has 0 fully saturated rings. The van der Waals surface area contributed by atoms with Crippen LogP contribution in [0, 0.1) is 12.7 Å². The summed E-state index contributed by atoms with van der Waals surface area (Å²) in [5, 5.41) is 9.64. The first-order valence-electron chi connectivity index (χ1n) is 12.6. The van der Waals surface area contributed by atoms with E-state index in [9.17, 15) is 9.50 Å². The first-order chi connectivity index (χ1) is 18.2. The fraction of sp³-hybridized carbons (Fsp3) is 0.281. The van der Waals surface area contributed by atoms with Crippen molar-refractivity contribution in [2.45, 2.75) is 46.1 Å². The number of hydrogen-bond acceptors (Lipinski definition) is 5. The molecule has 6 heteroatoms.